The quantitative estimate of drug-likeness (QED) is 0.717. The number of aryl methyl sites for hydroxylation is 1. The first-order valence-corrected chi connectivity index (χ1v) is 5.23. The molecule has 1 aromatic rings. The lowest BCUT2D eigenvalue weighted by Crippen LogP contribution is -2.29. The van der Waals surface area contributed by atoms with Crippen LogP contribution in [0.25, 0.3) is 0 Å². The third-order valence-electron chi connectivity index (χ3n) is 2.76. The first-order valence-electron chi connectivity index (χ1n) is 5.23. The normalized spacial score (nSPS) is 21.4. The van der Waals surface area contributed by atoms with Gasteiger partial charge in [-0.25, -0.2) is 4.98 Å². The van der Waals surface area contributed by atoms with Gasteiger partial charge in [0, 0.05) is 18.3 Å². The maximum atomic E-state index is 4.26. The standard InChI is InChI=1S/C11H17N3/c1-9-11(14-8-13-9)7-12-10-5-3-2-4-6-10/h2-3,8,10,12H,4-7H2,1H3,(H,13,14). The van der Waals surface area contributed by atoms with Gasteiger partial charge in [-0.2, -0.15) is 0 Å². The number of aromatic nitrogens is 2. The van der Waals surface area contributed by atoms with Crippen LogP contribution in [0, 0.1) is 6.92 Å². The highest BCUT2D eigenvalue weighted by atomic mass is 15.0. The molecule has 1 aliphatic rings. The zero-order valence-electron chi connectivity index (χ0n) is 8.59. The van der Waals surface area contributed by atoms with Crippen LogP contribution in [0.1, 0.15) is 30.7 Å². The molecule has 1 aromatic heterocycles. The molecule has 0 aliphatic heterocycles. The number of nitrogens with one attached hydrogen (secondary N) is 2. The van der Waals surface area contributed by atoms with Gasteiger partial charge in [-0.3, -0.25) is 0 Å². The van der Waals surface area contributed by atoms with Crippen molar-refractivity contribution in [3.05, 3.63) is 29.9 Å². The molecule has 14 heavy (non-hydrogen) atoms. The van der Waals surface area contributed by atoms with Crippen molar-refractivity contribution in [1.29, 1.82) is 0 Å². The minimum absolute atomic E-state index is 0.635. The minimum Gasteiger partial charge on any atom is -0.348 e. The van der Waals surface area contributed by atoms with Gasteiger partial charge in [0.15, 0.2) is 0 Å². The summed E-state index contributed by atoms with van der Waals surface area (Å²) in [4.78, 5) is 7.36. The molecule has 1 aliphatic carbocycles. The van der Waals surface area contributed by atoms with E-state index in [9.17, 15) is 0 Å². The molecule has 0 saturated carbocycles. The summed E-state index contributed by atoms with van der Waals surface area (Å²) < 4.78 is 0. The fourth-order valence-corrected chi connectivity index (χ4v) is 1.79. The zero-order chi connectivity index (χ0) is 9.80. The summed E-state index contributed by atoms with van der Waals surface area (Å²) in [6.45, 7) is 2.94. The van der Waals surface area contributed by atoms with Crippen molar-refractivity contribution in [1.82, 2.24) is 15.3 Å². The fourth-order valence-electron chi connectivity index (χ4n) is 1.79. The van der Waals surface area contributed by atoms with Crippen LogP contribution >= 0.6 is 0 Å². The van der Waals surface area contributed by atoms with Crippen LogP contribution < -0.4 is 5.32 Å². The SMILES string of the molecule is Cc1[nH]cnc1CNC1CC=CCC1. The van der Waals surface area contributed by atoms with Crippen molar-refractivity contribution in [2.45, 2.75) is 38.8 Å². The molecule has 0 aromatic carbocycles. The molecule has 2 rings (SSSR count). The number of H-pyrrole nitrogens is 1. The second-order valence-corrected chi connectivity index (χ2v) is 3.84. The van der Waals surface area contributed by atoms with E-state index >= 15 is 0 Å². The molecule has 0 spiro atoms. The molecule has 1 heterocycles. The third kappa shape index (κ3) is 2.23. The van der Waals surface area contributed by atoms with Crippen LogP contribution in [0.5, 0.6) is 0 Å². The van der Waals surface area contributed by atoms with Crippen LogP contribution in [-0.4, -0.2) is 16.0 Å². The van der Waals surface area contributed by atoms with Crippen LogP contribution in [-0.2, 0) is 6.54 Å². The van der Waals surface area contributed by atoms with Gasteiger partial charge < -0.3 is 10.3 Å². The number of nitrogens with zero attached hydrogens (tertiary/aromatic N) is 1. The highest BCUT2D eigenvalue weighted by Crippen LogP contribution is 2.11. The second kappa shape index (κ2) is 4.42. The number of allylic oxidation sites excluding steroid dienone is 1. The molecule has 2 N–H and O–H groups in total. The van der Waals surface area contributed by atoms with Crippen LogP contribution in [0.2, 0.25) is 0 Å². The van der Waals surface area contributed by atoms with E-state index < -0.39 is 0 Å². The van der Waals surface area contributed by atoms with E-state index in [4.69, 9.17) is 0 Å². The lowest BCUT2D eigenvalue weighted by atomic mass is 10.0. The number of aromatic amines is 1. The average molecular weight is 191 g/mol. The number of rotatable bonds is 3. The summed E-state index contributed by atoms with van der Waals surface area (Å²) in [5.74, 6) is 0. The molecule has 3 heteroatoms. The largest absolute Gasteiger partial charge is 0.348 e. The predicted molar refractivity (Wildman–Crippen MR) is 56.9 cm³/mol. The molecule has 0 saturated heterocycles. The summed E-state index contributed by atoms with van der Waals surface area (Å²) in [6.07, 6.45) is 9.89. The van der Waals surface area contributed by atoms with Gasteiger partial charge in [-0.05, 0) is 26.2 Å². The Hall–Kier alpha value is -1.09. The molecule has 76 valence electrons. The average Bonchev–Trinajstić information content (AvgIpc) is 2.63. The van der Waals surface area contributed by atoms with E-state index in [0.717, 1.165) is 18.7 Å². The van der Waals surface area contributed by atoms with Crippen LogP contribution in [0.3, 0.4) is 0 Å². The third-order valence-corrected chi connectivity index (χ3v) is 2.76. The summed E-state index contributed by atoms with van der Waals surface area (Å²) in [6, 6.07) is 0.635. The topological polar surface area (TPSA) is 40.7 Å². The predicted octanol–water partition coefficient (Wildman–Crippen LogP) is 1.92. The van der Waals surface area contributed by atoms with Gasteiger partial charge in [0.2, 0.25) is 0 Å². The first-order chi connectivity index (χ1) is 6.86. The number of imidazole rings is 1. The molecular formula is C11H17N3. The first kappa shape index (κ1) is 9.46. The molecule has 1 unspecified atom stereocenters. The van der Waals surface area contributed by atoms with Gasteiger partial charge in [0.1, 0.15) is 0 Å². The minimum atomic E-state index is 0.635. The molecular weight excluding hydrogens is 174 g/mol. The van der Waals surface area contributed by atoms with E-state index in [1.54, 1.807) is 6.33 Å². The summed E-state index contributed by atoms with van der Waals surface area (Å²) in [5.41, 5.74) is 2.31. The van der Waals surface area contributed by atoms with E-state index in [1.165, 1.54) is 18.5 Å². The smallest absolute Gasteiger partial charge is 0.0925 e. The lowest BCUT2D eigenvalue weighted by Gasteiger charge is -2.18. The molecule has 0 radical (unpaired) electrons. The molecule has 0 amide bonds. The maximum Gasteiger partial charge on any atom is 0.0925 e. The van der Waals surface area contributed by atoms with Gasteiger partial charge >= 0.3 is 0 Å². The van der Waals surface area contributed by atoms with E-state index in [1.807, 2.05) is 0 Å². The maximum absolute atomic E-state index is 4.26. The molecule has 0 bridgehead atoms. The van der Waals surface area contributed by atoms with E-state index in [0.29, 0.717) is 6.04 Å². The molecule has 3 nitrogen and oxygen atoms in total. The van der Waals surface area contributed by atoms with Crippen molar-refractivity contribution in [2.24, 2.45) is 0 Å². The van der Waals surface area contributed by atoms with Crippen molar-refractivity contribution in [2.75, 3.05) is 0 Å². The molecule has 1 atom stereocenters. The summed E-state index contributed by atoms with van der Waals surface area (Å²) >= 11 is 0. The Morgan fingerprint density at radius 1 is 1.57 bits per heavy atom. The van der Waals surface area contributed by atoms with Crippen LogP contribution in [0.15, 0.2) is 18.5 Å². The number of hydrogen-bond acceptors (Lipinski definition) is 2. The highest BCUT2D eigenvalue weighted by Gasteiger charge is 2.09. The Balaban J connectivity index is 1.82. The zero-order valence-corrected chi connectivity index (χ0v) is 8.59. The van der Waals surface area contributed by atoms with E-state index in [-0.39, 0.29) is 0 Å². The van der Waals surface area contributed by atoms with Gasteiger partial charge in [-0.15, -0.1) is 0 Å². The lowest BCUT2D eigenvalue weighted by molar-refractivity contribution is 0.471. The Labute approximate surface area is 84.6 Å². The van der Waals surface area contributed by atoms with Gasteiger partial charge in [-0.1, -0.05) is 12.2 Å². The van der Waals surface area contributed by atoms with Gasteiger partial charge in [0.05, 0.1) is 12.0 Å². The Morgan fingerprint density at radius 2 is 2.50 bits per heavy atom. The monoisotopic (exact) mass is 191 g/mol. The Bertz CT molecular complexity index is 314. The highest BCUT2D eigenvalue weighted by molar-refractivity contribution is 5.08. The van der Waals surface area contributed by atoms with Crippen molar-refractivity contribution in [3.8, 4) is 0 Å². The van der Waals surface area contributed by atoms with Crippen molar-refractivity contribution < 1.29 is 0 Å². The van der Waals surface area contributed by atoms with Crippen molar-refractivity contribution in [3.63, 3.8) is 0 Å². The fraction of sp³-hybridized carbons (Fsp3) is 0.545. The summed E-state index contributed by atoms with van der Waals surface area (Å²) in [7, 11) is 0. The van der Waals surface area contributed by atoms with Crippen LogP contribution in [0.4, 0.5) is 0 Å². The summed E-state index contributed by atoms with van der Waals surface area (Å²) in [5, 5.41) is 3.53. The van der Waals surface area contributed by atoms with Gasteiger partial charge in [0.25, 0.3) is 0 Å². The Morgan fingerprint density at radius 3 is 3.14 bits per heavy atom. The second-order valence-electron chi connectivity index (χ2n) is 3.84. The van der Waals surface area contributed by atoms with E-state index in [2.05, 4.69) is 34.4 Å². The Kier molecular flexibility index (Phi) is 2.99. The number of hydrogen-bond donors (Lipinski definition) is 2. The van der Waals surface area contributed by atoms with Crippen molar-refractivity contribution >= 4 is 0 Å². The molecule has 0 fully saturated rings.